The SMILES string of the molecule is CC(=O)N1CCN(c2nc(CSc3ccc(Cl)cc3)nc3sc4c(c23)CCC4)CC1. The van der Waals surface area contributed by atoms with E-state index >= 15 is 0 Å². The van der Waals surface area contributed by atoms with E-state index in [1.807, 2.05) is 40.5 Å². The van der Waals surface area contributed by atoms with Gasteiger partial charge in [0.05, 0.1) is 11.1 Å². The van der Waals surface area contributed by atoms with Crippen molar-refractivity contribution in [2.45, 2.75) is 36.8 Å². The van der Waals surface area contributed by atoms with Crippen molar-refractivity contribution in [2.75, 3.05) is 31.1 Å². The molecule has 1 fully saturated rings. The Morgan fingerprint density at radius 2 is 1.90 bits per heavy atom. The molecule has 0 atom stereocenters. The number of fused-ring (bicyclic) bond motifs is 3. The van der Waals surface area contributed by atoms with Gasteiger partial charge in [-0.1, -0.05) is 11.6 Å². The number of aryl methyl sites for hydroxylation is 2. The van der Waals surface area contributed by atoms with Gasteiger partial charge >= 0.3 is 0 Å². The minimum absolute atomic E-state index is 0.152. The lowest BCUT2D eigenvalue weighted by Crippen LogP contribution is -2.48. The average Bonchev–Trinajstić information content (AvgIpc) is 3.34. The molecule has 3 heterocycles. The summed E-state index contributed by atoms with van der Waals surface area (Å²) in [6, 6.07) is 7.90. The van der Waals surface area contributed by atoms with Crippen LogP contribution in [0.3, 0.4) is 0 Å². The third kappa shape index (κ3) is 3.90. The topological polar surface area (TPSA) is 49.3 Å². The summed E-state index contributed by atoms with van der Waals surface area (Å²) in [6.45, 7) is 4.79. The molecule has 2 aromatic heterocycles. The van der Waals surface area contributed by atoms with Crippen LogP contribution < -0.4 is 4.90 Å². The number of anilines is 1. The molecule has 0 bridgehead atoms. The maximum absolute atomic E-state index is 11.7. The number of piperazine rings is 1. The quantitative estimate of drug-likeness (QED) is 0.526. The van der Waals surface area contributed by atoms with E-state index in [2.05, 4.69) is 4.90 Å². The van der Waals surface area contributed by atoms with Gasteiger partial charge in [0.1, 0.15) is 16.5 Å². The summed E-state index contributed by atoms with van der Waals surface area (Å²) in [6.07, 6.45) is 3.50. The standard InChI is InChI=1S/C22H23ClN4OS2/c1-14(28)26-9-11-27(12-10-26)21-20-17-3-2-4-18(17)30-22(20)25-19(24-21)13-29-16-7-5-15(23)6-8-16/h5-8H,2-4,9-13H2,1H3. The first-order valence-corrected chi connectivity index (χ1v) is 12.5. The fourth-order valence-corrected chi connectivity index (χ4v) is 6.38. The van der Waals surface area contributed by atoms with E-state index in [4.69, 9.17) is 21.6 Å². The van der Waals surface area contributed by atoms with Gasteiger partial charge in [-0.2, -0.15) is 0 Å². The molecule has 0 saturated carbocycles. The Hall–Kier alpha value is -1.83. The first kappa shape index (κ1) is 20.1. The van der Waals surface area contributed by atoms with Crippen molar-refractivity contribution in [1.29, 1.82) is 0 Å². The Morgan fingerprint density at radius 3 is 2.63 bits per heavy atom. The van der Waals surface area contributed by atoms with Gasteiger partial charge in [-0.05, 0) is 49.1 Å². The Morgan fingerprint density at radius 1 is 1.13 bits per heavy atom. The number of nitrogens with zero attached hydrogens (tertiary/aromatic N) is 4. The number of carbonyl (C=O) groups is 1. The first-order chi connectivity index (χ1) is 14.6. The molecule has 156 valence electrons. The van der Waals surface area contributed by atoms with E-state index in [9.17, 15) is 4.79 Å². The van der Waals surface area contributed by atoms with Gasteiger partial charge in [-0.3, -0.25) is 4.79 Å². The van der Waals surface area contributed by atoms with Gasteiger partial charge < -0.3 is 9.80 Å². The Kier molecular flexibility index (Phi) is 5.60. The predicted octanol–water partition coefficient (Wildman–Crippen LogP) is 4.79. The van der Waals surface area contributed by atoms with Crippen LogP contribution in [0, 0.1) is 0 Å². The molecule has 1 aliphatic heterocycles. The molecule has 1 saturated heterocycles. The van der Waals surface area contributed by atoms with Gasteiger partial charge in [0.2, 0.25) is 5.91 Å². The van der Waals surface area contributed by atoms with E-state index in [0.29, 0.717) is 0 Å². The highest BCUT2D eigenvalue weighted by atomic mass is 35.5. The number of hydrogen-bond acceptors (Lipinski definition) is 6. The van der Waals surface area contributed by atoms with E-state index in [1.54, 1.807) is 18.7 Å². The van der Waals surface area contributed by atoms with Crippen molar-refractivity contribution < 1.29 is 4.79 Å². The second-order valence-electron chi connectivity index (χ2n) is 7.74. The van der Waals surface area contributed by atoms with Crippen molar-refractivity contribution in [3.63, 3.8) is 0 Å². The molecule has 8 heteroatoms. The molecular formula is C22H23ClN4OS2. The van der Waals surface area contributed by atoms with Crippen LogP contribution >= 0.6 is 34.7 Å². The van der Waals surface area contributed by atoms with Crippen LogP contribution in [0.4, 0.5) is 5.82 Å². The third-order valence-electron chi connectivity index (χ3n) is 5.80. The van der Waals surface area contributed by atoms with Gasteiger partial charge in [0.15, 0.2) is 0 Å². The van der Waals surface area contributed by atoms with Gasteiger partial charge in [-0.15, -0.1) is 23.1 Å². The molecule has 2 aliphatic rings. The molecule has 1 aromatic carbocycles. The molecule has 5 nitrogen and oxygen atoms in total. The number of carbonyl (C=O) groups excluding carboxylic acids is 1. The summed E-state index contributed by atoms with van der Waals surface area (Å²) < 4.78 is 0. The summed E-state index contributed by atoms with van der Waals surface area (Å²) in [5.74, 6) is 2.81. The molecule has 0 spiro atoms. The Labute approximate surface area is 189 Å². The molecule has 0 N–H and O–H groups in total. The van der Waals surface area contributed by atoms with E-state index in [-0.39, 0.29) is 5.91 Å². The lowest BCUT2D eigenvalue weighted by atomic mass is 10.1. The Balaban J connectivity index is 1.46. The minimum Gasteiger partial charge on any atom is -0.352 e. The Bertz CT molecular complexity index is 1090. The lowest BCUT2D eigenvalue weighted by Gasteiger charge is -2.35. The summed E-state index contributed by atoms with van der Waals surface area (Å²) in [5, 5.41) is 2.00. The van der Waals surface area contributed by atoms with Gasteiger partial charge in [-0.25, -0.2) is 9.97 Å². The zero-order valence-corrected chi connectivity index (χ0v) is 19.2. The van der Waals surface area contributed by atoms with Crippen molar-refractivity contribution >= 4 is 56.6 Å². The molecule has 1 aliphatic carbocycles. The monoisotopic (exact) mass is 458 g/mol. The normalized spacial score (nSPS) is 16.3. The highest BCUT2D eigenvalue weighted by molar-refractivity contribution is 7.98. The van der Waals surface area contributed by atoms with Crippen LogP contribution in [0.5, 0.6) is 0 Å². The van der Waals surface area contributed by atoms with E-state index in [0.717, 1.165) is 71.2 Å². The molecule has 1 amide bonds. The summed E-state index contributed by atoms with van der Waals surface area (Å²) >= 11 is 9.57. The number of amides is 1. The molecule has 0 radical (unpaired) electrons. The van der Waals surface area contributed by atoms with Crippen LogP contribution in [0.1, 0.15) is 29.6 Å². The molecule has 5 rings (SSSR count). The van der Waals surface area contributed by atoms with Crippen LogP contribution in [-0.4, -0.2) is 47.0 Å². The number of rotatable bonds is 4. The second kappa shape index (κ2) is 8.36. The zero-order chi connectivity index (χ0) is 20.7. The van der Waals surface area contributed by atoms with Crippen LogP contribution in [0.25, 0.3) is 10.2 Å². The van der Waals surface area contributed by atoms with Crippen LogP contribution in [0.15, 0.2) is 29.2 Å². The highest BCUT2D eigenvalue weighted by Crippen LogP contribution is 2.41. The highest BCUT2D eigenvalue weighted by Gasteiger charge is 2.27. The summed E-state index contributed by atoms with van der Waals surface area (Å²) in [7, 11) is 0. The fraction of sp³-hybridized carbons (Fsp3) is 0.409. The first-order valence-electron chi connectivity index (χ1n) is 10.3. The smallest absolute Gasteiger partial charge is 0.219 e. The minimum atomic E-state index is 0.152. The number of aromatic nitrogens is 2. The van der Waals surface area contributed by atoms with E-state index in [1.165, 1.54) is 22.2 Å². The second-order valence-corrected chi connectivity index (χ2v) is 10.3. The predicted molar refractivity (Wildman–Crippen MR) is 125 cm³/mol. The van der Waals surface area contributed by atoms with Gasteiger partial charge in [0, 0.05) is 47.9 Å². The van der Waals surface area contributed by atoms with Crippen molar-refractivity contribution in [3.8, 4) is 0 Å². The summed E-state index contributed by atoms with van der Waals surface area (Å²) in [5.41, 5.74) is 1.45. The van der Waals surface area contributed by atoms with Crippen LogP contribution in [-0.2, 0) is 23.4 Å². The molecule has 3 aromatic rings. The van der Waals surface area contributed by atoms with Crippen molar-refractivity contribution in [3.05, 3.63) is 45.6 Å². The maximum atomic E-state index is 11.7. The largest absolute Gasteiger partial charge is 0.352 e. The lowest BCUT2D eigenvalue weighted by molar-refractivity contribution is -0.129. The number of halogens is 1. The number of thiophene rings is 1. The van der Waals surface area contributed by atoms with Crippen molar-refractivity contribution in [2.24, 2.45) is 0 Å². The number of benzene rings is 1. The number of thioether (sulfide) groups is 1. The molecule has 0 unspecified atom stereocenters. The van der Waals surface area contributed by atoms with Crippen molar-refractivity contribution in [1.82, 2.24) is 14.9 Å². The number of hydrogen-bond donors (Lipinski definition) is 0. The van der Waals surface area contributed by atoms with Crippen LogP contribution in [0.2, 0.25) is 5.02 Å². The average molecular weight is 459 g/mol. The third-order valence-corrected chi connectivity index (χ3v) is 8.24. The summed E-state index contributed by atoms with van der Waals surface area (Å²) in [4.78, 5) is 29.7. The molecular weight excluding hydrogens is 436 g/mol. The zero-order valence-electron chi connectivity index (χ0n) is 16.9. The van der Waals surface area contributed by atoms with Gasteiger partial charge in [0.25, 0.3) is 0 Å². The fourth-order valence-electron chi connectivity index (χ4n) is 4.22. The molecule has 30 heavy (non-hydrogen) atoms. The van der Waals surface area contributed by atoms with E-state index < -0.39 is 0 Å². The maximum Gasteiger partial charge on any atom is 0.219 e.